The third kappa shape index (κ3) is 4.48. The van der Waals surface area contributed by atoms with E-state index >= 15 is 0 Å². The number of hydrogen-bond acceptors (Lipinski definition) is 5. The minimum Gasteiger partial charge on any atom is -0.333 e. The first-order valence-corrected chi connectivity index (χ1v) is 10.5. The van der Waals surface area contributed by atoms with Gasteiger partial charge in [-0.25, -0.2) is 4.98 Å². The largest absolute Gasteiger partial charge is 0.333 e. The van der Waals surface area contributed by atoms with Crippen molar-refractivity contribution in [3.05, 3.63) is 69.7 Å². The molecule has 27 heavy (non-hydrogen) atoms. The van der Waals surface area contributed by atoms with Crippen LogP contribution in [0.1, 0.15) is 11.8 Å². The van der Waals surface area contributed by atoms with Crippen LogP contribution >= 0.6 is 23.1 Å². The van der Waals surface area contributed by atoms with Crippen LogP contribution in [0.15, 0.2) is 64.4 Å². The molecule has 5 nitrogen and oxygen atoms in total. The fourth-order valence-electron chi connectivity index (χ4n) is 2.76. The summed E-state index contributed by atoms with van der Waals surface area (Å²) in [6.07, 6.45) is 1.73. The van der Waals surface area contributed by atoms with Gasteiger partial charge in [-0.1, -0.05) is 36.0 Å². The predicted molar refractivity (Wildman–Crippen MR) is 112 cm³/mol. The lowest BCUT2D eigenvalue weighted by atomic mass is 10.2. The van der Waals surface area contributed by atoms with Gasteiger partial charge in [-0.2, -0.15) is 0 Å². The van der Waals surface area contributed by atoms with Crippen LogP contribution in [0.5, 0.6) is 0 Å². The molecule has 0 spiro atoms. The molecule has 0 aliphatic rings. The molecule has 0 N–H and O–H groups in total. The highest BCUT2D eigenvalue weighted by molar-refractivity contribution is 7.99. The van der Waals surface area contributed by atoms with Gasteiger partial charge in [0, 0.05) is 18.0 Å². The van der Waals surface area contributed by atoms with Crippen molar-refractivity contribution < 1.29 is 4.79 Å². The molecule has 0 saturated carbocycles. The second-order valence-corrected chi connectivity index (χ2v) is 7.87. The smallest absolute Gasteiger partial charge is 0.262 e. The van der Waals surface area contributed by atoms with E-state index in [1.54, 1.807) is 32.9 Å². The van der Waals surface area contributed by atoms with Gasteiger partial charge in [-0.3, -0.25) is 14.2 Å². The zero-order chi connectivity index (χ0) is 19.2. The Labute approximate surface area is 166 Å². The van der Waals surface area contributed by atoms with Crippen molar-refractivity contribution in [3.63, 3.8) is 0 Å². The molecule has 3 rings (SSSR count). The Bertz CT molecular complexity index is 996. The highest BCUT2D eigenvalue weighted by Crippen LogP contribution is 2.19. The topological polar surface area (TPSA) is 55.2 Å². The Morgan fingerprint density at radius 2 is 2.15 bits per heavy atom. The van der Waals surface area contributed by atoms with E-state index in [2.05, 4.69) is 11.6 Å². The number of amides is 1. The fourth-order valence-corrected chi connectivity index (χ4v) is 4.44. The molecule has 0 saturated heterocycles. The number of para-hydroxylation sites is 1. The van der Waals surface area contributed by atoms with Crippen LogP contribution in [0.3, 0.4) is 0 Å². The maximum atomic E-state index is 12.7. The minimum absolute atomic E-state index is 0.00152. The van der Waals surface area contributed by atoms with Crippen LogP contribution in [0.4, 0.5) is 0 Å². The lowest BCUT2D eigenvalue weighted by Crippen LogP contribution is -2.32. The number of fused-ring (bicyclic) bond motifs is 1. The summed E-state index contributed by atoms with van der Waals surface area (Å²) in [6, 6.07) is 11.3. The van der Waals surface area contributed by atoms with Crippen molar-refractivity contribution in [3.8, 4) is 0 Å². The van der Waals surface area contributed by atoms with E-state index in [-0.39, 0.29) is 17.2 Å². The molecule has 0 aliphatic carbocycles. The van der Waals surface area contributed by atoms with Gasteiger partial charge in [0.15, 0.2) is 5.16 Å². The van der Waals surface area contributed by atoms with Gasteiger partial charge in [0.25, 0.3) is 5.56 Å². The molecule has 0 radical (unpaired) electrons. The van der Waals surface area contributed by atoms with Gasteiger partial charge in [-0.05, 0) is 30.5 Å². The van der Waals surface area contributed by atoms with Crippen LogP contribution in [-0.2, 0) is 17.9 Å². The molecule has 1 amide bonds. The number of thiophene rings is 1. The molecule has 0 unspecified atom stereocenters. The number of rotatable bonds is 8. The lowest BCUT2D eigenvalue weighted by Gasteiger charge is -2.20. The Hall–Kier alpha value is -2.38. The standard InChI is InChI=1S/C20H21N3O2S2/c1-3-11-22(13-15-8-7-12-26-15)18(24)14-27-20-21-17-10-6-5-9-16(17)19(25)23(20)4-2/h3,5-10,12H,1,4,11,13-14H2,2H3. The fraction of sp³-hybridized carbons (Fsp3) is 0.250. The molecule has 0 bridgehead atoms. The van der Waals surface area contributed by atoms with Crippen LogP contribution in [0.25, 0.3) is 10.9 Å². The maximum Gasteiger partial charge on any atom is 0.262 e. The highest BCUT2D eigenvalue weighted by atomic mass is 32.2. The van der Waals surface area contributed by atoms with E-state index < -0.39 is 0 Å². The van der Waals surface area contributed by atoms with Crippen LogP contribution < -0.4 is 5.56 Å². The Balaban J connectivity index is 1.79. The van der Waals surface area contributed by atoms with E-state index in [4.69, 9.17) is 0 Å². The van der Waals surface area contributed by atoms with Gasteiger partial charge < -0.3 is 4.90 Å². The molecule has 7 heteroatoms. The summed E-state index contributed by atoms with van der Waals surface area (Å²) in [5.41, 5.74) is 0.586. The van der Waals surface area contributed by atoms with Crippen molar-refractivity contribution in [1.29, 1.82) is 0 Å². The first kappa shape index (κ1) is 19.4. The normalized spacial score (nSPS) is 10.9. The molecule has 0 aliphatic heterocycles. The summed E-state index contributed by atoms with van der Waals surface area (Å²) >= 11 is 2.93. The minimum atomic E-state index is -0.0698. The number of thioether (sulfide) groups is 1. The average molecular weight is 400 g/mol. The molecular formula is C20H21N3O2S2. The average Bonchev–Trinajstić information content (AvgIpc) is 3.19. The van der Waals surface area contributed by atoms with Crippen molar-refractivity contribution in [1.82, 2.24) is 14.5 Å². The number of carbonyl (C=O) groups excluding carboxylic acids is 1. The zero-order valence-electron chi connectivity index (χ0n) is 15.1. The third-order valence-electron chi connectivity index (χ3n) is 4.10. The second-order valence-electron chi connectivity index (χ2n) is 5.89. The van der Waals surface area contributed by atoms with E-state index in [9.17, 15) is 9.59 Å². The number of hydrogen-bond donors (Lipinski definition) is 0. The summed E-state index contributed by atoms with van der Waals surface area (Å²) in [4.78, 5) is 32.9. The summed E-state index contributed by atoms with van der Waals surface area (Å²) in [5.74, 6) is 0.225. The number of carbonyl (C=O) groups is 1. The zero-order valence-corrected chi connectivity index (χ0v) is 16.8. The van der Waals surface area contributed by atoms with Crippen molar-refractivity contribution >= 4 is 39.9 Å². The predicted octanol–water partition coefficient (Wildman–Crippen LogP) is 3.78. The number of benzene rings is 1. The Morgan fingerprint density at radius 1 is 1.33 bits per heavy atom. The van der Waals surface area contributed by atoms with Crippen molar-refractivity contribution in [2.75, 3.05) is 12.3 Å². The first-order chi connectivity index (χ1) is 13.1. The van der Waals surface area contributed by atoms with Crippen molar-refractivity contribution in [2.24, 2.45) is 0 Å². The third-order valence-corrected chi connectivity index (χ3v) is 5.92. The lowest BCUT2D eigenvalue weighted by molar-refractivity contribution is -0.128. The van der Waals surface area contributed by atoms with Crippen LogP contribution in [0, 0.1) is 0 Å². The van der Waals surface area contributed by atoms with E-state index in [1.807, 2.05) is 42.6 Å². The van der Waals surface area contributed by atoms with Crippen LogP contribution in [-0.4, -0.2) is 32.7 Å². The van der Waals surface area contributed by atoms with Gasteiger partial charge in [0.2, 0.25) is 5.91 Å². The monoisotopic (exact) mass is 399 g/mol. The van der Waals surface area contributed by atoms with Gasteiger partial charge in [-0.15, -0.1) is 17.9 Å². The Kier molecular flexibility index (Phi) is 6.47. The first-order valence-electron chi connectivity index (χ1n) is 8.67. The molecule has 0 atom stereocenters. The second kappa shape index (κ2) is 9.01. The SMILES string of the molecule is C=CCN(Cc1cccs1)C(=O)CSc1nc2ccccc2c(=O)n1CC. The summed E-state index contributed by atoms with van der Waals surface area (Å²) in [7, 11) is 0. The van der Waals surface area contributed by atoms with E-state index in [0.717, 1.165) is 4.88 Å². The van der Waals surface area contributed by atoms with E-state index in [1.165, 1.54) is 11.8 Å². The van der Waals surface area contributed by atoms with Gasteiger partial charge in [0.1, 0.15) is 0 Å². The number of aromatic nitrogens is 2. The van der Waals surface area contributed by atoms with E-state index in [0.29, 0.717) is 35.7 Å². The van der Waals surface area contributed by atoms with Gasteiger partial charge in [0.05, 0.1) is 23.2 Å². The molecule has 3 aromatic rings. The maximum absolute atomic E-state index is 12.7. The summed E-state index contributed by atoms with van der Waals surface area (Å²) < 4.78 is 1.62. The molecule has 140 valence electrons. The summed E-state index contributed by atoms with van der Waals surface area (Å²) in [5, 5.41) is 3.17. The Morgan fingerprint density at radius 3 is 2.85 bits per heavy atom. The molecule has 1 aromatic carbocycles. The highest BCUT2D eigenvalue weighted by Gasteiger charge is 2.16. The molecular weight excluding hydrogens is 378 g/mol. The number of nitrogens with zero attached hydrogens (tertiary/aromatic N) is 3. The van der Waals surface area contributed by atoms with Gasteiger partial charge >= 0.3 is 0 Å². The van der Waals surface area contributed by atoms with Crippen LogP contribution in [0.2, 0.25) is 0 Å². The van der Waals surface area contributed by atoms with Crippen molar-refractivity contribution in [2.45, 2.75) is 25.2 Å². The molecule has 2 aromatic heterocycles. The molecule has 2 heterocycles. The quantitative estimate of drug-likeness (QED) is 0.329. The summed E-state index contributed by atoms with van der Waals surface area (Å²) in [6.45, 7) is 7.22. The molecule has 0 fully saturated rings.